The van der Waals surface area contributed by atoms with Gasteiger partial charge in [-0.3, -0.25) is 9.59 Å². The highest BCUT2D eigenvalue weighted by Gasteiger charge is 2.44. The van der Waals surface area contributed by atoms with Gasteiger partial charge in [-0.2, -0.15) is 0 Å². The third-order valence-corrected chi connectivity index (χ3v) is 6.22. The van der Waals surface area contributed by atoms with Gasteiger partial charge in [0.15, 0.2) is 0 Å². The Kier molecular flexibility index (Phi) is 5.84. The fourth-order valence-corrected chi connectivity index (χ4v) is 4.34. The zero-order valence-electron chi connectivity index (χ0n) is 17.8. The molecule has 0 atom stereocenters. The van der Waals surface area contributed by atoms with Crippen molar-refractivity contribution in [2.75, 3.05) is 13.1 Å². The summed E-state index contributed by atoms with van der Waals surface area (Å²) in [6.07, 6.45) is 9.22. The number of nitrogens with zero attached hydrogens (tertiary/aromatic N) is 3. The summed E-state index contributed by atoms with van der Waals surface area (Å²) in [5.41, 5.74) is 2.65. The molecule has 2 aromatic rings. The van der Waals surface area contributed by atoms with Gasteiger partial charge in [-0.05, 0) is 57.1 Å². The first-order chi connectivity index (χ1) is 14.5. The van der Waals surface area contributed by atoms with Crippen molar-refractivity contribution in [3.8, 4) is 11.1 Å². The summed E-state index contributed by atoms with van der Waals surface area (Å²) in [4.78, 5) is 36.0. The van der Waals surface area contributed by atoms with E-state index in [0.717, 1.165) is 29.5 Å². The number of aromatic nitrogens is 2. The lowest BCUT2D eigenvalue weighted by molar-refractivity contribution is -0.141. The second kappa shape index (κ2) is 8.54. The summed E-state index contributed by atoms with van der Waals surface area (Å²) in [6.45, 7) is 5.31. The minimum atomic E-state index is -0.490. The van der Waals surface area contributed by atoms with E-state index in [1.807, 2.05) is 30.9 Å². The molecule has 1 saturated heterocycles. The lowest BCUT2D eigenvalue weighted by Gasteiger charge is -2.41. The topological polar surface area (TPSA) is 75.2 Å². The van der Waals surface area contributed by atoms with Crippen molar-refractivity contribution >= 4 is 11.8 Å². The van der Waals surface area contributed by atoms with E-state index >= 15 is 0 Å². The number of hydrogen-bond donors (Lipinski definition) is 1. The van der Waals surface area contributed by atoms with Gasteiger partial charge in [0.05, 0.1) is 5.41 Å². The van der Waals surface area contributed by atoms with E-state index in [9.17, 15) is 9.59 Å². The van der Waals surface area contributed by atoms with Crippen molar-refractivity contribution in [1.29, 1.82) is 0 Å². The van der Waals surface area contributed by atoms with Gasteiger partial charge < -0.3 is 10.2 Å². The average Bonchev–Trinajstić information content (AvgIpc) is 3.59. The van der Waals surface area contributed by atoms with Crippen LogP contribution in [0.5, 0.6) is 0 Å². The second-order valence-electron chi connectivity index (χ2n) is 9.01. The second-order valence-corrected chi connectivity index (χ2v) is 9.01. The monoisotopic (exact) mass is 406 g/mol. The van der Waals surface area contributed by atoms with Gasteiger partial charge in [0.25, 0.3) is 0 Å². The highest BCUT2D eigenvalue weighted by Crippen LogP contribution is 2.39. The van der Waals surface area contributed by atoms with Crippen molar-refractivity contribution in [3.63, 3.8) is 0 Å². The van der Waals surface area contributed by atoms with Crippen LogP contribution in [0.3, 0.4) is 0 Å². The van der Waals surface area contributed by atoms with Crippen LogP contribution in [0, 0.1) is 11.3 Å². The smallest absolute Gasteiger partial charge is 0.226 e. The summed E-state index contributed by atoms with van der Waals surface area (Å²) >= 11 is 0. The summed E-state index contributed by atoms with van der Waals surface area (Å²) in [6, 6.07) is 8.37. The molecule has 1 aliphatic carbocycles. The Hall–Kier alpha value is -2.76. The Morgan fingerprint density at radius 2 is 1.83 bits per heavy atom. The van der Waals surface area contributed by atoms with Crippen LogP contribution in [0.2, 0.25) is 0 Å². The summed E-state index contributed by atoms with van der Waals surface area (Å²) < 4.78 is 0. The maximum absolute atomic E-state index is 13.3. The lowest BCUT2D eigenvalue weighted by Crippen LogP contribution is -2.52. The van der Waals surface area contributed by atoms with E-state index in [-0.39, 0.29) is 23.8 Å². The Bertz CT molecular complexity index is 900. The molecule has 6 heteroatoms. The van der Waals surface area contributed by atoms with Crippen molar-refractivity contribution in [2.24, 2.45) is 11.3 Å². The number of hydrogen-bond acceptors (Lipinski definition) is 4. The number of nitrogens with one attached hydrogen (secondary N) is 1. The predicted octanol–water partition coefficient (Wildman–Crippen LogP) is 3.23. The van der Waals surface area contributed by atoms with Crippen LogP contribution in [-0.4, -0.2) is 45.8 Å². The molecule has 2 heterocycles. The molecule has 30 heavy (non-hydrogen) atoms. The van der Waals surface area contributed by atoms with E-state index in [4.69, 9.17) is 0 Å². The van der Waals surface area contributed by atoms with Gasteiger partial charge in [0.2, 0.25) is 11.8 Å². The molecular weight excluding hydrogens is 376 g/mol. The van der Waals surface area contributed by atoms with E-state index in [2.05, 4.69) is 27.4 Å². The summed E-state index contributed by atoms with van der Waals surface area (Å²) in [7, 11) is 0. The lowest BCUT2D eigenvalue weighted by atomic mass is 9.72. The fraction of sp³-hybridized carbons (Fsp3) is 0.500. The predicted molar refractivity (Wildman–Crippen MR) is 115 cm³/mol. The molecule has 1 saturated carbocycles. The molecule has 0 spiro atoms. The Balaban J connectivity index is 1.55. The normalized spacial score (nSPS) is 18.3. The van der Waals surface area contributed by atoms with E-state index in [1.54, 1.807) is 12.4 Å². The molecule has 158 valence electrons. The fourth-order valence-electron chi connectivity index (χ4n) is 4.34. The van der Waals surface area contributed by atoms with Gasteiger partial charge >= 0.3 is 0 Å². The van der Waals surface area contributed by atoms with Crippen molar-refractivity contribution in [3.05, 3.63) is 48.5 Å². The molecule has 0 bridgehead atoms. The number of carbonyl (C=O) groups is 2. The maximum atomic E-state index is 13.3. The van der Waals surface area contributed by atoms with Crippen LogP contribution < -0.4 is 5.32 Å². The third-order valence-electron chi connectivity index (χ3n) is 6.22. The first kappa shape index (κ1) is 20.5. The van der Waals surface area contributed by atoms with Crippen molar-refractivity contribution in [1.82, 2.24) is 20.2 Å². The van der Waals surface area contributed by atoms with Crippen LogP contribution in [0.25, 0.3) is 11.1 Å². The highest BCUT2D eigenvalue weighted by molar-refractivity contribution is 5.85. The minimum absolute atomic E-state index is 0.0910. The Labute approximate surface area is 178 Å². The van der Waals surface area contributed by atoms with E-state index < -0.39 is 5.41 Å². The molecule has 2 fully saturated rings. The molecule has 1 aromatic heterocycles. The molecule has 4 rings (SSSR count). The van der Waals surface area contributed by atoms with Crippen LogP contribution in [0.15, 0.2) is 43.0 Å². The minimum Gasteiger partial charge on any atom is -0.353 e. The number of benzene rings is 1. The molecule has 1 N–H and O–H groups in total. The van der Waals surface area contributed by atoms with Gasteiger partial charge in [0, 0.05) is 43.0 Å². The van der Waals surface area contributed by atoms with Crippen LogP contribution in [0.1, 0.15) is 45.1 Å². The van der Waals surface area contributed by atoms with Gasteiger partial charge in [-0.25, -0.2) is 9.97 Å². The number of piperidine rings is 1. The molecule has 2 aliphatic rings. The SMILES string of the molecule is CC(C)NC(=O)C1(Cc2cccc(-c3cncnc3)c2)CCN(C(=O)C2CC2)CC1. The first-order valence-electron chi connectivity index (χ1n) is 10.9. The van der Waals surface area contributed by atoms with E-state index in [1.165, 1.54) is 6.33 Å². The standard InChI is InChI=1S/C24H30N4O2/c1-17(2)27-23(30)24(8-10-28(11-9-24)22(29)19-6-7-19)13-18-4-3-5-20(12-18)21-14-25-16-26-15-21/h3-5,12,14-17,19H,6-11,13H2,1-2H3,(H,27,30). The maximum Gasteiger partial charge on any atom is 0.226 e. The molecule has 2 amide bonds. The molecule has 0 radical (unpaired) electrons. The molecule has 1 aliphatic heterocycles. The third kappa shape index (κ3) is 4.53. The zero-order valence-corrected chi connectivity index (χ0v) is 17.8. The molecule has 0 unspecified atom stereocenters. The quantitative estimate of drug-likeness (QED) is 0.799. The van der Waals surface area contributed by atoms with Gasteiger partial charge in [-0.15, -0.1) is 0 Å². The van der Waals surface area contributed by atoms with E-state index in [0.29, 0.717) is 32.4 Å². The zero-order chi connectivity index (χ0) is 21.1. The van der Waals surface area contributed by atoms with Gasteiger partial charge in [-0.1, -0.05) is 24.3 Å². The molecular formula is C24H30N4O2. The summed E-state index contributed by atoms with van der Waals surface area (Å²) in [5.74, 6) is 0.607. The Morgan fingerprint density at radius 3 is 2.47 bits per heavy atom. The molecule has 1 aromatic carbocycles. The number of amides is 2. The first-order valence-corrected chi connectivity index (χ1v) is 10.9. The van der Waals surface area contributed by atoms with Crippen molar-refractivity contribution in [2.45, 2.75) is 52.0 Å². The molecule has 6 nitrogen and oxygen atoms in total. The van der Waals surface area contributed by atoms with Crippen LogP contribution in [0.4, 0.5) is 0 Å². The highest BCUT2D eigenvalue weighted by atomic mass is 16.2. The number of carbonyl (C=O) groups excluding carboxylic acids is 2. The summed E-state index contributed by atoms with van der Waals surface area (Å²) in [5, 5.41) is 3.14. The van der Waals surface area contributed by atoms with Crippen molar-refractivity contribution < 1.29 is 9.59 Å². The number of rotatable bonds is 6. The number of likely N-dealkylation sites (tertiary alicyclic amines) is 1. The van der Waals surface area contributed by atoms with Gasteiger partial charge in [0.1, 0.15) is 6.33 Å². The Morgan fingerprint density at radius 1 is 1.13 bits per heavy atom. The largest absolute Gasteiger partial charge is 0.353 e. The average molecular weight is 407 g/mol. The van der Waals surface area contributed by atoms with Crippen LogP contribution >= 0.6 is 0 Å². The van der Waals surface area contributed by atoms with Crippen LogP contribution in [-0.2, 0) is 16.0 Å².